The number of ether oxygens (including phenoxy) is 1. The maximum absolute atomic E-state index is 13.0. The number of amides is 2. The van der Waals surface area contributed by atoms with Gasteiger partial charge >= 0.3 is 6.03 Å². The van der Waals surface area contributed by atoms with Gasteiger partial charge in [-0.3, -0.25) is 0 Å². The molecule has 0 aromatic heterocycles. The lowest BCUT2D eigenvalue weighted by molar-refractivity contribution is 0.225. The van der Waals surface area contributed by atoms with Crippen LogP contribution in [0.1, 0.15) is 18.0 Å². The fourth-order valence-electron chi connectivity index (χ4n) is 2.24. The van der Waals surface area contributed by atoms with E-state index in [4.69, 9.17) is 9.84 Å². The minimum absolute atomic E-state index is 0.0253. The molecule has 0 aliphatic carbocycles. The quantitative estimate of drug-likeness (QED) is 0.651. The molecule has 2 aromatic rings. The molecule has 24 heavy (non-hydrogen) atoms. The summed E-state index contributed by atoms with van der Waals surface area (Å²) >= 11 is 0. The Morgan fingerprint density at radius 2 is 1.96 bits per heavy atom. The second-order valence-corrected chi connectivity index (χ2v) is 5.18. The summed E-state index contributed by atoms with van der Waals surface area (Å²) in [7, 11) is 0. The van der Waals surface area contributed by atoms with Crippen LogP contribution in [0.2, 0.25) is 0 Å². The van der Waals surface area contributed by atoms with Crippen LogP contribution in [-0.2, 0) is 0 Å². The number of nitrogens with one attached hydrogen (secondary N) is 2. The molecule has 2 aromatic carbocycles. The lowest BCUT2D eigenvalue weighted by Crippen LogP contribution is -2.40. The highest BCUT2D eigenvalue weighted by Gasteiger charge is 2.13. The molecule has 2 rings (SSSR count). The molecule has 0 radical (unpaired) electrons. The number of hydrogen-bond acceptors (Lipinski definition) is 3. The minimum atomic E-state index is -0.368. The van der Waals surface area contributed by atoms with Crippen LogP contribution in [0.5, 0.6) is 5.75 Å². The average molecular weight is 332 g/mol. The van der Waals surface area contributed by atoms with Gasteiger partial charge in [0.1, 0.15) is 18.2 Å². The SMILES string of the molecule is O=C(NCCOc1cccc(F)c1)N[C@H](CCO)c1ccccc1. The molecule has 6 heteroatoms. The van der Waals surface area contributed by atoms with Crippen molar-refractivity contribution in [3.05, 3.63) is 66.0 Å². The maximum atomic E-state index is 13.0. The Kier molecular flexibility index (Phi) is 7.04. The van der Waals surface area contributed by atoms with Gasteiger partial charge in [0.25, 0.3) is 0 Å². The number of urea groups is 1. The first-order chi connectivity index (χ1) is 11.7. The number of carbonyl (C=O) groups is 1. The molecule has 0 aliphatic rings. The number of halogens is 1. The molecule has 0 fully saturated rings. The number of carbonyl (C=O) groups excluding carboxylic acids is 1. The summed E-state index contributed by atoms with van der Waals surface area (Å²) in [4.78, 5) is 11.9. The van der Waals surface area contributed by atoms with Crippen molar-refractivity contribution in [3.8, 4) is 5.75 Å². The third kappa shape index (κ3) is 5.89. The summed E-state index contributed by atoms with van der Waals surface area (Å²) in [6, 6.07) is 14.7. The third-order valence-electron chi connectivity index (χ3n) is 3.38. The summed E-state index contributed by atoms with van der Waals surface area (Å²) in [5.74, 6) is 0.0487. The van der Waals surface area contributed by atoms with E-state index < -0.39 is 0 Å². The molecule has 2 amide bonds. The van der Waals surface area contributed by atoms with Crippen molar-refractivity contribution in [2.24, 2.45) is 0 Å². The molecule has 0 aliphatic heterocycles. The Hall–Kier alpha value is -2.60. The van der Waals surface area contributed by atoms with Crippen molar-refractivity contribution in [1.29, 1.82) is 0 Å². The average Bonchev–Trinajstić information content (AvgIpc) is 2.59. The number of aliphatic hydroxyl groups is 1. The fourth-order valence-corrected chi connectivity index (χ4v) is 2.24. The minimum Gasteiger partial charge on any atom is -0.492 e. The van der Waals surface area contributed by atoms with Crippen LogP contribution < -0.4 is 15.4 Å². The van der Waals surface area contributed by atoms with Crippen LogP contribution in [0, 0.1) is 5.82 Å². The first-order valence-corrected chi connectivity index (χ1v) is 7.77. The largest absolute Gasteiger partial charge is 0.492 e. The molecule has 0 bridgehead atoms. The van der Waals surface area contributed by atoms with Gasteiger partial charge in [-0.15, -0.1) is 0 Å². The Morgan fingerprint density at radius 1 is 1.17 bits per heavy atom. The van der Waals surface area contributed by atoms with E-state index in [1.165, 1.54) is 12.1 Å². The first-order valence-electron chi connectivity index (χ1n) is 7.77. The lowest BCUT2D eigenvalue weighted by atomic mass is 10.0. The Morgan fingerprint density at radius 3 is 2.67 bits per heavy atom. The number of hydrogen-bond donors (Lipinski definition) is 3. The van der Waals surface area contributed by atoms with Gasteiger partial charge in [-0.2, -0.15) is 0 Å². The molecule has 128 valence electrons. The third-order valence-corrected chi connectivity index (χ3v) is 3.38. The summed E-state index contributed by atoms with van der Waals surface area (Å²) in [5, 5.41) is 14.6. The zero-order valence-corrected chi connectivity index (χ0v) is 13.2. The Bertz CT molecular complexity index is 637. The van der Waals surface area contributed by atoms with Gasteiger partial charge in [-0.25, -0.2) is 9.18 Å². The predicted octanol–water partition coefficient (Wildman–Crippen LogP) is 2.63. The van der Waals surface area contributed by atoms with E-state index in [1.54, 1.807) is 12.1 Å². The van der Waals surface area contributed by atoms with Crippen molar-refractivity contribution in [3.63, 3.8) is 0 Å². The maximum Gasteiger partial charge on any atom is 0.315 e. The van der Waals surface area contributed by atoms with Crippen LogP contribution in [0.15, 0.2) is 54.6 Å². The number of rotatable bonds is 8. The number of aliphatic hydroxyl groups excluding tert-OH is 1. The van der Waals surface area contributed by atoms with Crippen LogP contribution in [-0.4, -0.2) is 30.9 Å². The van der Waals surface area contributed by atoms with Crippen molar-refractivity contribution >= 4 is 6.03 Å². The second-order valence-electron chi connectivity index (χ2n) is 5.18. The summed E-state index contributed by atoms with van der Waals surface area (Å²) in [6.45, 7) is 0.485. The van der Waals surface area contributed by atoms with E-state index in [9.17, 15) is 9.18 Å². The topological polar surface area (TPSA) is 70.6 Å². The molecular formula is C18H21FN2O3. The highest BCUT2D eigenvalue weighted by molar-refractivity contribution is 5.74. The van der Waals surface area contributed by atoms with Crippen LogP contribution in [0.25, 0.3) is 0 Å². The normalized spacial score (nSPS) is 11.6. The van der Waals surface area contributed by atoms with Crippen molar-refractivity contribution < 1.29 is 19.0 Å². The van der Waals surface area contributed by atoms with E-state index in [0.29, 0.717) is 12.2 Å². The fraction of sp³-hybridized carbons (Fsp3) is 0.278. The van der Waals surface area contributed by atoms with Gasteiger partial charge in [0, 0.05) is 12.7 Å². The smallest absolute Gasteiger partial charge is 0.315 e. The van der Waals surface area contributed by atoms with Gasteiger partial charge in [0.2, 0.25) is 0 Å². The molecule has 0 spiro atoms. The van der Waals surface area contributed by atoms with Crippen molar-refractivity contribution in [1.82, 2.24) is 10.6 Å². The Balaban J connectivity index is 1.75. The second kappa shape index (κ2) is 9.52. The monoisotopic (exact) mass is 332 g/mol. The van der Waals surface area contributed by atoms with E-state index in [0.717, 1.165) is 5.56 Å². The molecule has 1 atom stereocenters. The summed E-state index contributed by atoms with van der Waals surface area (Å²) in [5.41, 5.74) is 0.928. The van der Waals surface area contributed by atoms with Crippen LogP contribution in [0.3, 0.4) is 0 Å². The van der Waals surface area contributed by atoms with Gasteiger partial charge in [0.15, 0.2) is 0 Å². The molecule has 5 nitrogen and oxygen atoms in total. The molecular weight excluding hydrogens is 311 g/mol. The summed E-state index contributed by atoms with van der Waals surface area (Å²) in [6.07, 6.45) is 0.428. The van der Waals surface area contributed by atoms with Gasteiger partial charge in [0.05, 0.1) is 12.6 Å². The Labute approximate surface area is 140 Å². The molecule has 0 heterocycles. The molecule has 3 N–H and O–H groups in total. The van der Waals surface area contributed by atoms with E-state index in [1.807, 2.05) is 30.3 Å². The zero-order valence-electron chi connectivity index (χ0n) is 13.2. The highest BCUT2D eigenvalue weighted by atomic mass is 19.1. The summed E-state index contributed by atoms with van der Waals surface area (Å²) < 4.78 is 18.4. The van der Waals surface area contributed by atoms with Gasteiger partial charge in [-0.1, -0.05) is 36.4 Å². The first kappa shape index (κ1) is 17.7. The van der Waals surface area contributed by atoms with Gasteiger partial charge < -0.3 is 20.5 Å². The standard InChI is InChI=1S/C18H21FN2O3/c19-15-7-4-8-16(13-15)24-12-10-20-18(23)21-17(9-11-22)14-5-2-1-3-6-14/h1-8,13,17,22H,9-12H2,(H2,20,21,23)/t17-/m1/s1. The van der Waals surface area contributed by atoms with E-state index >= 15 is 0 Å². The van der Waals surface area contributed by atoms with Crippen LogP contribution in [0.4, 0.5) is 9.18 Å². The number of benzene rings is 2. The van der Waals surface area contributed by atoms with Gasteiger partial charge in [-0.05, 0) is 24.1 Å². The lowest BCUT2D eigenvalue weighted by Gasteiger charge is -2.18. The molecule has 0 saturated heterocycles. The highest BCUT2D eigenvalue weighted by Crippen LogP contribution is 2.15. The zero-order chi connectivity index (χ0) is 17.2. The molecule has 0 saturated carbocycles. The van der Waals surface area contributed by atoms with Crippen molar-refractivity contribution in [2.45, 2.75) is 12.5 Å². The molecule has 0 unspecified atom stereocenters. The van der Waals surface area contributed by atoms with Crippen LogP contribution >= 0.6 is 0 Å². The van der Waals surface area contributed by atoms with E-state index in [2.05, 4.69) is 10.6 Å². The van der Waals surface area contributed by atoms with E-state index in [-0.39, 0.29) is 37.6 Å². The van der Waals surface area contributed by atoms with Crippen molar-refractivity contribution in [2.75, 3.05) is 19.8 Å². The predicted molar refractivity (Wildman–Crippen MR) is 89.3 cm³/mol.